The van der Waals surface area contributed by atoms with E-state index >= 15 is 0 Å². The number of primary amides is 1. The second-order valence-electron chi connectivity index (χ2n) is 5.03. The van der Waals surface area contributed by atoms with E-state index in [4.69, 9.17) is 10.5 Å². The summed E-state index contributed by atoms with van der Waals surface area (Å²) in [5, 5.41) is 0. The van der Waals surface area contributed by atoms with E-state index in [1.165, 1.54) is 6.08 Å². The zero-order chi connectivity index (χ0) is 14.4. The van der Waals surface area contributed by atoms with Crippen molar-refractivity contribution >= 4 is 17.7 Å². The highest BCUT2D eigenvalue weighted by atomic mass is 16.5. The van der Waals surface area contributed by atoms with Gasteiger partial charge in [-0.3, -0.25) is 9.59 Å². The van der Waals surface area contributed by atoms with Crippen molar-refractivity contribution < 1.29 is 19.1 Å². The van der Waals surface area contributed by atoms with Gasteiger partial charge in [0.05, 0.1) is 5.56 Å². The maximum absolute atomic E-state index is 12.3. The van der Waals surface area contributed by atoms with Crippen LogP contribution in [0.2, 0.25) is 0 Å². The minimum atomic E-state index is -0.891. The van der Waals surface area contributed by atoms with Crippen LogP contribution in [-0.4, -0.2) is 22.2 Å². The number of nitrogens with two attached hydrogens (primary N) is 1. The summed E-state index contributed by atoms with van der Waals surface area (Å²) in [5.41, 5.74) is 7.76. The maximum Gasteiger partial charge on any atom is 0.404 e. The molecule has 0 spiro atoms. The number of nitrogens with zero attached hydrogens (tertiary/aromatic N) is 1. The lowest BCUT2D eigenvalue weighted by Crippen LogP contribution is -2.19. The highest BCUT2D eigenvalue weighted by Gasteiger charge is 2.35. The zero-order valence-corrected chi connectivity index (χ0v) is 11.1. The van der Waals surface area contributed by atoms with Crippen LogP contribution in [0.4, 0.5) is 4.79 Å². The zero-order valence-electron chi connectivity index (χ0n) is 11.1. The molecule has 0 atom stereocenters. The number of carbonyl (C=O) groups is 3. The molecule has 0 radical (unpaired) electrons. The summed E-state index contributed by atoms with van der Waals surface area (Å²) in [5.74, 6) is -0.338. The van der Waals surface area contributed by atoms with Crippen LogP contribution in [0.3, 0.4) is 0 Å². The molecule has 0 saturated carbocycles. The molecule has 0 aromatic carbocycles. The standard InChI is InChI=1S/C14H14N2O4/c1-7-5-10(17)11-8(6-20-14(15)19)9-3-2-4-16(9)12(11)13(7)18/h5H,2-4,6H2,1H3,(H2,15,19). The van der Waals surface area contributed by atoms with Gasteiger partial charge in [-0.2, -0.15) is 0 Å². The van der Waals surface area contributed by atoms with Crippen LogP contribution < -0.4 is 5.73 Å². The van der Waals surface area contributed by atoms with Gasteiger partial charge in [0.15, 0.2) is 5.78 Å². The first-order chi connectivity index (χ1) is 9.50. The molecule has 1 aliphatic carbocycles. The Kier molecular flexibility index (Phi) is 2.74. The third kappa shape index (κ3) is 1.68. The van der Waals surface area contributed by atoms with Gasteiger partial charge in [-0.15, -0.1) is 0 Å². The van der Waals surface area contributed by atoms with E-state index in [-0.39, 0.29) is 18.2 Å². The van der Waals surface area contributed by atoms with Gasteiger partial charge in [-0.05, 0) is 25.8 Å². The van der Waals surface area contributed by atoms with E-state index in [0.717, 1.165) is 18.5 Å². The van der Waals surface area contributed by atoms with Crippen molar-refractivity contribution in [2.45, 2.75) is 32.9 Å². The SMILES string of the molecule is CC1=CC(=O)c2c(COC(N)=O)c3n(c2C1=O)CCC3. The molecule has 2 heterocycles. The lowest BCUT2D eigenvalue weighted by molar-refractivity contribution is 0.0976. The predicted octanol–water partition coefficient (Wildman–Crippen LogP) is 1.35. The molecule has 2 N–H and O–H groups in total. The molecule has 104 valence electrons. The molecule has 3 rings (SSSR count). The molecular weight excluding hydrogens is 260 g/mol. The molecule has 1 aromatic heterocycles. The normalized spacial score (nSPS) is 16.8. The van der Waals surface area contributed by atoms with Gasteiger partial charge < -0.3 is 15.0 Å². The number of fused-ring (bicyclic) bond motifs is 3. The lowest BCUT2D eigenvalue weighted by Gasteiger charge is -2.12. The summed E-state index contributed by atoms with van der Waals surface area (Å²) < 4.78 is 6.71. The number of amides is 1. The molecular formula is C14H14N2O4. The van der Waals surface area contributed by atoms with Crippen LogP contribution >= 0.6 is 0 Å². The molecule has 1 amide bonds. The molecule has 6 nitrogen and oxygen atoms in total. The molecule has 0 saturated heterocycles. The minimum absolute atomic E-state index is 0.0636. The number of ketones is 2. The molecule has 0 unspecified atom stereocenters. The molecule has 1 aromatic rings. The Morgan fingerprint density at radius 1 is 1.45 bits per heavy atom. The Hall–Kier alpha value is -2.37. The van der Waals surface area contributed by atoms with Crippen molar-refractivity contribution in [3.05, 3.63) is 34.2 Å². The quantitative estimate of drug-likeness (QED) is 0.881. The Morgan fingerprint density at radius 3 is 2.90 bits per heavy atom. The number of Topliss-reactive ketones (excluding diaryl/α,β-unsaturated/α-hetero) is 1. The summed E-state index contributed by atoms with van der Waals surface area (Å²) >= 11 is 0. The van der Waals surface area contributed by atoms with Crippen LogP contribution in [0.1, 0.15) is 45.4 Å². The number of aromatic nitrogens is 1. The Labute approximate surface area is 115 Å². The topological polar surface area (TPSA) is 91.4 Å². The number of ether oxygens (including phenoxy) is 1. The molecule has 2 aliphatic rings. The second kappa shape index (κ2) is 4.33. The lowest BCUT2D eigenvalue weighted by atomic mass is 9.92. The summed E-state index contributed by atoms with van der Waals surface area (Å²) in [6, 6.07) is 0. The summed E-state index contributed by atoms with van der Waals surface area (Å²) in [4.78, 5) is 35.3. The number of allylic oxidation sites excluding steroid dienone is 2. The van der Waals surface area contributed by atoms with Crippen molar-refractivity contribution in [3.8, 4) is 0 Å². The van der Waals surface area contributed by atoms with Crippen LogP contribution in [0.25, 0.3) is 0 Å². The fraction of sp³-hybridized carbons (Fsp3) is 0.357. The Morgan fingerprint density at radius 2 is 2.20 bits per heavy atom. The van der Waals surface area contributed by atoms with Crippen molar-refractivity contribution in [1.29, 1.82) is 0 Å². The first kappa shape index (κ1) is 12.7. The van der Waals surface area contributed by atoms with Gasteiger partial charge >= 0.3 is 6.09 Å². The maximum atomic E-state index is 12.3. The largest absolute Gasteiger partial charge is 0.445 e. The van der Waals surface area contributed by atoms with Gasteiger partial charge in [0.2, 0.25) is 5.78 Å². The van der Waals surface area contributed by atoms with E-state index < -0.39 is 6.09 Å². The average Bonchev–Trinajstić information content (AvgIpc) is 2.93. The van der Waals surface area contributed by atoms with E-state index in [0.29, 0.717) is 28.9 Å². The monoisotopic (exact) mass is 274 g/mol. The van der Waals surface area contributed by atoms with E-state index in [1.807, 2.05) is 4.57 Å². The highest BCUT2D eigenvalue weighted by Crippen LogP contribution is 2.34. The van der Waals surface area contributed by atoms with Crippen molar-refractivity contribution in [1.82, 2.24) is 4.57 Å². The van der Waals surface area contributed by atoms with Crippen LogP contribution in [0, 0.1) is 0 Å². The fourth-order valence-electron chi connectivity index (χ4n) is 2.98. The Bertz CT molecular complexity index is 682. The molecule has 6 heteroatoms. The van der Waals surface area contributed by atoms with Crippen molar-refractivity contribution in [3.63, 3.8) is 0 Å². The second-order valence-corrected chi connectivity index (χ2v) is 5.03. The van der Waals surface area contributed by atoms with Crippen molar-refractivity contribution in [2.24, 2.45) is 5.73 Å². The van der Waals surface area contributed by atoms with Crippen LogP contribution in [0.15, 0.2) is 11.6 Å². The van der Waals surface area contributed by atoms with Crippen LogP contribution in [-0.2, 0) is 24.3 Å². The third-order valence-electron chi connectivity index (χ3n) is 3.80. The van der Waals surface area contributed by atoms with Gasteiger partial charge in [0.1, 0.15) is 12.3 Å². The summed E-state index contributed by atoms with van der Waals surface area (Å²) in [6.45, 7) is 2.28. The average molecular weight is 274 g/mol. The predicted molar refractivity (Wildman–Crippen MR) is 69.5 cm³/mol. The fourth-order valence-corrected chi connectivity index (χ4v) is 2.98. The number of hydrogen-bond donors (Lipinski definition) is 1. The van der Waals surface area contributed by atoms with E-state index in [2.05, 4.69) is 0 Å². The van der Waals surface area contributed by atoms with Gasteiger partial charge in [-0.25, -0.2) is 4.79 Å². The summed E-state index contributed by atoms with van der Waals surface area (Å²) in [6.07, 6.45) is 2.13. The highest BCUT2D eigenvalue weighted by molar-refractivity contribution is 6.24. The third-order valence-corrected chi connectivity index (χ3v) is 3.80. The molecule has 0 bridgehead atoms. The van der Waals surface area contributed by atoms with E-state index in [9.17, 15) is 14.4 Å². The van der Waals surface area contributed by atoms with Gasteiger partial charge in [0.25, 0.3) is 0 Å². The van der Waals surface area contributed by atoms with Gasteiger partial charge in [0, 0.05) is 23.4 Å². The summed E-state index contributed by atoms with van der Waals surface area (Å²) in [7, 11) is 0. The number of rotatable bonds is 2. The minimum Gasteiger partial charge on any atom is -0.445 e. The number of hydrogen-bond acceptors (Lipinski definition) is 4. The smallest absolute Gasteiger partial charge is 0.404 e. The molecule has 20 heavy (non-hydrogen) atoms. The molecule has 1 aliphatic heterocycles. The number of carbonyl (C=O) groups excluding carboxylic acids is 3. The van der Waals surface area contributed by atoms with Crippen molar-refractivity contribution in [2.75, 3.05) is 0 Å². The van der Waals surface area contributed by atoms with Gasteiger partial charge in [-0.1, -0.05) is 0 Å². The first-order valence-corrected chi connectivity index (χ1v) is 6.44. The first-order valence-electron chi connectivity index (χ1n) is 6.44. The Balaban J connectivity index is 2.16. The molecule has 0 fully saturated rings. The van der Waals surface area contributed by atoms with E-state index in [1.54, 1.807) is 6.92 Å². The van der Waals surface area contributed by atoms with Crippen LogP contribution in [0.5, 0.6) is 0 Å².